The van der Waals surface area contributed by atoms with Gasteiger partial charge in [0.1, 0.15) is 12.4 Å². The number of hydrogen-bond donors (Lipinski definition) is 2. The quantitative estimate of drug-likeness (QED) is 0.515. The molecule has 0 radical (unpaired) electrons. The van der Waals surface area contributed by atoms with Gasteiger partial charge in [0.25, 0.3) is 0 Å². The first-order valence-electron chi connectivity index (χ1n) is 10.3. The lowest BCUT2D eigenvalue weighted by Gasteiger charge is -2.28. The molecule has 7 nitrogen and oxygen atoms in total. The Labute approximate surface area is 201 Å². The van der Waals surface area contributed by atoms with E-state index in [1.54, 1.807) is 4.90 Å². The zero-order valence-electron chi connectivity index (χ0n) is 17.6. The third-order valence-corrected chi connectivity index (χ3v) is 6.06. The second kappa shape index (κ2) is 9.46. The van der Waals surface area contributed by atoms with Gasteiger partial charge in [-0.05, 0) is 37.5 Å². The minimum absolute atomic E-state index is 0.0265. The van der Waals surface area contributed by atoms with E-state index < -0.39 is 18.6 Å². The summed E-state index contributed by atoms with van der Waals surface area (Å²) in [6, 6.07) is 2.61. The summed E-state index contributed by atoms with van der Waals surface area (Å²) in [7, 11) is 0. The molecule has 0 spiro atoms. The van der Waals surface area contributed by atoms with Gasteiger partial charge in [-0.25, -0.2) is 19.2 Å². The number of fused-ring (bicyclic) bond motifs is 1. The Morgan fingerprint density at radius 2 is 2.00 bits per heavy atom. The molecule has 2 heterocycles. The molecule has 3 N–H and O–H groups in total. The van der Waals surface area contributed by atoms with Crippen molar-refractivity contribution < 1.29 is 27.1 Å². The van der Waals surface area contributed by atoms with Gasteiger partial charge in [0, 0.05) is 16.6 Å². The fourth-order valence-corrected chi connectivity index (χ4v) is 4.22. The van der Waals surface area contributed by atoms with Crippen molar-refractivity contribution in [3.63, 3.8) is 0 Å². The number of halogens is 6. The molecule has 4 rings (SSSR count). The molecular weight excluding hydrogens is 501 g/mol. The number of carbonyl (C=O) groups excluding carboxylic acids is 1. The Morgan fingerprint density at radius 1 is 1.26 bits per heavy atom. The molecule has 0 saturated heterocycles. The average Bonchev–Trinajstić information content (AvgIpc) is 3.13. The van der Waals surface area contributed by atoms with Gasteiger partial charge >= 0.3 is 12.2 Å². The summed E-state index contributed by atoms with van der Waals surface area (Å²) >= 11 is 12.5. The van der Waals surface area contributed by atoms with Crippen molar-refractivity contribution in [3.8, 4) is 17.0 Å². The first-order valence-corrected chi connectivity index (χ1v) is 11.0. The molecule has 1 aliphatic carbocycles. The number of urea groups is 1. The number of benzene rings is 1. The highest BCUT2D eigenvalue weighted by molar-refractivity contribution is 6.37. The normalized spacial score (nSPS) is 16.3. The van der Waals surface area contributed by atoms with E-state index in [9.17, 15) is 22.4 Å². The van der Waals surface area contributed by atoms with E-state index in [1.807, 2.05) is 0 Å². The number of hydrogen-bond acceptors (Lipinski definition) is 5. The number of rotatable bonds is 5. The van der Waals surface area contributed by atoms with Gasteiger partial charge in [-0.15, -0.1) is 0 Å². The van der Waals surface area contributed by atoms with Crippen LogP contribution in [0.15, 0.2) is 24.0 Å². The van der Waals surface area contributed by atoms with Crippen LogP contribution in [0.1, 0.15) is 30.5 Å². The molecule has 34 heavy (non-hydrogen) atoms. The highest BCUT2D eigenvalue weighted by atomic mass is 35.5. The lowest BCUT2D eigenvalue weighted by molar-refractivity contribution is -0.109. The Kier molecular flexibility index (Phi) is 6.77. The number of allylic oxidation sites excluding steroid dienone is 1. The van der Waals surface area contributed by atoms with Crippen LogP contribution in [-0.4, -0.2) is 39.7 Å². The second-order valence-corrected chi connectivity index (χ2v) is 8.75. The van der Waals surface area contributed by atoms with Crippen molar-refractivity contribution in [3.05, 3.63) is 45.3 Å². The number of amides is 2. The largest absolute Gasteiger partial charge is 0.489 e. The van der Waals surface area contributed by atoms with E-state index in [1.165, 1.54) is 12.1 Å². The zero-order chi connectivity index (χ0) is 24.6. The number of carbonyl (C=O) groups is 1. The highest BCUT2D eigenvalue weighted by Gasteiger charge is 2.35. The molecule has 1 fully saturated rings. The smallest absolute Gasteiger partial charge is 0.442 e. The van der Waals surface area contributed by atoms with Gasteiger partial charge in [-0.2, -0.15) is 13.2 Å². The number of nitrogen functional groups attached to an aromatic ring is 1. The van der Waals surface area contributed by atoms with E-state index in [2.05, 4.69) is 15.3 Å². The first-order chi connectivity index (χ1) is 16.0. The van der Waals surface area contributed by atoms with Gasteiger partial charge in [0.2, 0.25) is 11.8 Å². The average molecular weight is 520 g/mol. The number of alkyl halides is 3. The number of nitrogens with zero attached hydrogens (tertiary/aromatic N) is 3. The predicted octanol–water partition coefficient (Wildman–Crippen LogP) is 5.40. The number of anilines is 1. The molecule has 0 atom stereocenters. The van der Waals surface area contributed by atoms with Crippen molar-refractivity contribution in [1.82, 2.24) is 20.2 Å². The lowest BCUT2D eigenvalue weighted by atomic mass is 9.93. The molecule has 1 aromatic heterocycles. The first kappa shape index (κ1) is 24.3. The maximum Gasteiger partial charge on any atom is 0.442 e. The van der Waals surface area contributed by atoms with E-state index >= 15 is 0 Å². The summed E-state index contributed by atoms with van der Waals surface area (Å²) in [5, 5.41) is 3.18. The summed E-state index contributed by atoms with van der Waals surface area (Å²) in [4.78, 5) is 22.7. The molecule has 1 aromatic carbocycles. The van der Waals surface area contributed by atoms with E-state index in [-0.39, 0.29) is 64.2 Å². The van der Waals surface area contributed by atoms with Gasteiger partial charge < -0.3 is 20.7 Å². The van der Waals surface area contributed by atoms with Crippen molar-refractivity contribution in [2.45, 2.75) is 44.6 Å². The topological polar surface area (TPSA) is 93.4 Å². The van der Waals surface area contributed by atoms with Crippen LogP contribution in [0.5, 0.6) is 5.75 Å². The second-order valence-electron chi connectivity index (χ2n) is 7.91. The Hall–Kier alpha value is -2.79. The van der Waals surface area contributed by atoms with Crippen LogP contribution in [0.3, 0.4) is 0 Å². The van der Waals surface area contributed by atoms with Crippen LogP contribution in [0, 0.1) is 0 Å². The van der Waals surface area contributed by atoms with Crippen LogP contribution in [-0.2, 0) is 13.1 Å². The summed E-state index contributed by atoms with van der Waals surface area (Å²) in [6.45, 7) is -0.396. The minimum atomic E-state index is -5.12. The monoisotopic (exact) mass is 519 g/mol. The number of nitrogens with two attached hydrogens (primary N) is 1. The Balaban J connectivity index is 1.66. The van der Waals surface area contributed by atoms with Crippen LogP contribution in [0.2, 0.25) is 10.0 Å². The third kappa shape index (κ3) is 5.15. The Bertz CT molecular complexity index is 1150. The number of aromatic nitrogens is 2. The number of nitrogens with one attached hydrogen (secondary N) is 1. The third-order valence-electron chi connectivity index (χ3n) is 5.55. The van der Waals surface area contributed by atoms with Gasteiger partial charge in [0.15, 0.2) is 0 Å². The predicted molar refractivity (Wildman–Crippen MR) is 118 cm³/mol. The van der Waals surface area contributed by atoms with Crippen LogP contribution in [0.25, 0.3) is 11.3 Å². The molecule has 2 aromatic rings. The molecular formula is C21H19Cl2F4N5O2. The maximum absolute atomic E-state index is 13.2. The molecule has 13 heteroatoms. The van der Waals surface area contributed by atoms with Crippen LogP contribution < -0.4 is 15.8 Å². The van der Waals surface area contributed by atoms with Crippen molar-refractivity contribution in [2.75, 3.05) is 12.3 Å². The minimum Gasteiger partial charge on any atom is -0.489 e. The molecule has 0 bridgehead atoms. The van der Waals surface area contributed by atoms with Crippen molar-refractivity contribution >= 4 is 35.2 Å². The fourth-order valence-electron chi connectivity index (χ4n) is 3.66. The van der Waals surface area contributed by atoms with E-state index in [0.717, 1.165) is 19.3 Å². The molecule has 2 amide bonds. The molecule has 1 saturated carbocycles. The molecule has 182 valence electrons. The van der Waals surface area contributed by atoms with E-state index in [4.69, 9.17) is 33.7 Å². The number of ether oxygens (including phenoxy) is 1. The molecule has 1 aliphatic heterocycles. The maximum atomic E-state index is 13.2. The standard InChI is InChI=1S/C21H19Cl2F4N5O2/c22-10-6-13(23)17(15(7-10)34-5-4-16(24)21(25,26)27)18-12-8-32(9-14(12)30-19(28)31-18)20(33)29-11-2-1-3-11/h4,6-7,11H,1-3,5,8-9H2,(H,29,33)(H2,28,30,31)/b16-4-. The van der Waals surface area contributed by atoms with Gasteiger partial charge in [-0.3, -0.25) is 0 Å². The zero-order valence-corrected chi connectivity index (χ0v) is 19.1. The highest BCUT2D eigenvalue weighted by Crippen LogP contribution is 2.42. The van der Waals surface area contributed by atoms with E-state index in [0.29, 0.717) is 11.3 Å². The van der Waals surface area contributed by atoms with Crippen LogP contribution >= 0.6 is 23.2 Å². The van der Waals surface area contributed by atoms with Gasteiger partial charge in [-0.1, -0.05) is 23.2 Å². The fraction of sp³-hybridized carbons (Fsp3) is 0.381. The van der Waals surface area contributed by atoms with Crippen LogP contribution in [0.4, 0.5) is 28.3 Å². The van der Waals surface area contributed by atoms with Crippen molar-refractivity contribution in [1.29, 1.82) is 0 Å². The van der Waals surface area contributed by atoms with Gasteiger partial charge in [0.05, 0.1) is 35.1 Å². The molecule has 2 aliphatic rings. The van der Waals surface area contributed by atoms with Crippen molar-refractivity contribution in [2.24, 2.45) is 0 Å². The summed E-state index contributed by atoms with van der Waals surface area (Å²) < 4.78 is 55.9. The Morgan fingerprint density at radius 3 is 2.65 bits per heavy atom. The summed E-state index contributed by atoms with van der Waals surface area (Å²) in [5.74, 6) is -2.40. The SMILES string of the molecule is Nc1nc2c(c(-c3c(Cl)cc(Cl)cc3OC/C=C(\F)C(F)(F)F)n1)CN(C(=O)NC1CCC1)C2. The lowest BCUT2D eigenvalue weighted by Crippen LogP contribution is -2.45. The molecule has 0 unspecified atom stereocenters. The summed E-state index contributed by atoms with van der Waals surface area (Å²) in [5.41, 5.74) is 7.39. The summed E-state index contributed by atoms with van der Waals surface area (Å²) in [6.07, 6.45) is -1.95.